The van der Waals surface area contributed by atoms with Gasteiger partial charge >= 0.3 is 6.09 Å². The fourth-order valence-electron chi connectivity index (χ4n) is 2.43. The van der Waals surface area contributed by atoms with E-state index in [9.17, 15) is 9.59 Å². The van der Waals surface area contributed by atoms with Gasteiger partial charge in [-0.1, -0.05) is 30.3 Å². The van der Waals surface area contributed by atoms with Gasteiger partial charge in [-0.05, 0) is 42.7 Å². The topological polar surface area (TPSA) is 105 Å². The van der Waals surface area contributed by atoms with E-state index < -0.39 is 18.1 Å². The molecule has 0 saturated carbocycles. The third kappa shape index (κ3) is 6.73. The van der Waals surface area contributed by atoms with Crippen LogP contribution in [-0.4, -0.2) is 42.0 Å². The van der Waals surface area contributed by atoms with Crippen molar-refractivity contribution in [1.29, 1.82) is 0 Å². The Kier molecular flexibility index (Phi) is 8.28. The molecule has 0 aromatic heterocycles. The maximum Gasteiger partial charge on any atom is 0.414 e. The standard InChI is InChI=1S/C20H23NO6/c22-12-4-7-18(15-8-10-17(11-9-15)26-14-13-23)27-20(25)21-19(24)16-5-2-1-3-6-16/h1-3,5-6,8-11,18,22-23H,4,7,12-14H2,(H,21,24,25)/t18-/m0/s1. The van der Waals surface area contributed by atoms with E-state index in [0.717, 1.165) is 0 Å². The van der Waals surface area contributed by atoms with Gasteiger partial charge in [-0.2, -0.15) is 0 Å². The number of rotatable bonds is 9. The minimum absolute atomic E-state index is 0.0396. The Hall–Kier alpha value is -2.90. The summed E-state index contributed by atoms with van der Waals surface area (Å²) in [6, 6.07) is 15.2. The maximum atomic E-state index is 12.1. The van der Waals surface area contributed by atoms with Crippen molar-refractivity contribution < 1.29 is 29.3 Å². The zero-order valence-electron chi connectivity index (χ0n) is 14.8. The largest absolute Gasteiger partial charge is 0.491 e. The van der Waals surface area contributed by atoms with Gasteiger partial charge in [0.05, 0.1) is 6.61 Å². The number of imide groups is 1. The molecule has 3 N–H and O–H groups in total. The summed E-state index contributed by atoms with van der Waals surface area (Å²) in [5.74, 6) is 0.0340. The van der Waals surface area contributed by atoms with Crippen LogP contribution in [0.2, 0.25) is 0 Å². The van der Waals surface area contributed by atoms with Crippen LogP contribution in [0.25, 0.3) is 0 Å². The molecule has 2 aromatic rings. The Labute approximate surface area is 157 Å². The van der Waals surface area contributed by atoms with Crippen LogP contribution in [0.15, 0.2) is 54.6 Å². The zero-order valence-corrected chi connectivity index (χ0v) is 14.8. The lowest BCUT2D eigenvalue weighted by Gasteiger charge is -2.18. The predicted octanol–water partition coefficient (Wildman–Crippen LogP) is 2.44. The number of alkyl carbamates (subject to hydrolysis) is 1. The van der Waals surface area contributed by atoms with Gasteiger partial charge in [-0.3, -0.25) is 10.1 Å². The van der Waals surface area contributed by atoms with E-state index in [2.05, 4.69) is 5.32 Å². The number of amides is 2. The van der Waals surface area contributed by atoms with E-state index in [0.29, 0.717) is 29.7 Å². The monoisotopic (exact) mass is 373 g/mol. The van der Waals surface area contributed by atoms with Crippen molar-refractivity contribution in [1.82, 2.24) is 5.32 Å². The molecule has 2 aromatic carbocycles. The van der Waals surface area contributed by atoms with Gasteiger partial charge in [-0.25, -0.2) is 4.79 Å². The summed E-state index contributed by atoms with van der Waals surface area (Å²) >= 11 is 0. The summed E-state index contributed by atoms with van der Waals surface area (Å²) in [6.45, 7) is 0.0650. The van der Waals surface area contributed by atoms with Crippen molar-refractivity contribution in [2.24, 2.45) is 0 Å². The normalized spacial score (nSPS) is 11.5. The number of hydrogen-bond acceptors (Lipinski definition) is 6. The smallest absolute Gasteiger partial charge is 0.414 e. The molecule has 0 radical (unpaired) electrons. The van der Waals surface area contributed by atoms with Crippen LogP contribution < -0.4 is 10.1 Å². The van der Waals surface area contributed by atoms with Gasteiger partial charge in [0.15, 0.2) is 0 Å². The number of carbonyl (C=O) groups is 2. The number of ether oxygens (including phenoxy) is 2. The third-order valence-corrected chi connectivity index (χ3v) is 3.74. The minimum Gasteiger partial charge on any atom is -0.491 e. The van der Waals surface area contributed by atoms with E-state index in [1.165, 1.54) is 0 Å². The highest BCUT2D eigenvalue weighted by molar-refractivity contribution is 6.02. The van der Waals surface area contributed by atoms with Crippen molar-refractivity contribution in [2.45, 2.75) is 18.9 Å². The van der Waals surface area contributed by atoms with E-state index >= 15 is 0 Å². The number of aliphatic hydroxyl groups is 2. The van der Waals surface area contributed by atoms with E-state index in [1.54, 1.807) is 54.6 Å². The molecule has 0 unspecified atom stereocenters. The SMILES string of the molecule is O=C(NC(=O)c1ccccc1)O[C@@H](CCCO)c1ccc(OCCO)cc1. The number of aliphatic hydroxyl groups excluding tert-OH is 2. The lowest BCUT2D eigenvalue weighted by atomic mass is 10.0. The van der Waals surface area contributed by atoms with Crippen molar-refractivity contribution in [3.05, 3.63) is 65.7 Å². The van der Waals surface area contributed by atoms with Crippen molar-refractivity contribution in [3.8, 4) is 5.75 Å². The molecule has 0 bridgehead atoms. The molecule has 0 aliphatic carbocycles. The average molecular weight is 373 g/mol. The van der Waals surface area contributed by atoms with Gasteiger partial charge in [0.2, 0.25) is 0 Å². The van der Waals surface area contributed by atoms with Crippen LogP contribution >= 0.6 is 0 Å². The van der Waals surface area contributed by atoms with Crippen LogP contribution in [0.1, 0.15) is 34.9 Å². The highest BCUT2D eigenvalue weighted by Crippen LogP contribution is 2.25. The van der Waals surface area contributed by atoms with Crippen LogP contribution in [-0.2, 0) is 4.74 Å². The second-order valence-electron chi connectivity index (χ2n) is 5.72. The molecule has 0 saturated heterocycles. The molecular weight excluding hydrogens is 350 g/mol. The lowest BCUT2D eigenvalue weighted by Crippen LogP contribution is -2.32. The summed E-state index contributed by atoms with van der Waals surface area (Å²) in [7, 11) is 0. The summed E-state index contributed by atoms with van der Waals surface area (Å²) in [4.78, 5) is 24.2. The summed E-state index contributed by atoms with van der Waals surface area (Å²) in [6.07, 6.45) is -0.631. The highest BCUT2D eigenvalue weighted by atomic mass is 16.6. The molecule has 2 amide bonds. The molecule has 0 fully saturated rings. The lowest BCUT2D eigenvalue weighted by molar-refractivity contribution is 0.0770. The van der Waals surface area contributed by atoms with Crippen LogP contribution in [0, 0.1) is 0 Å². The van der Waals surface area contributed by atoms with E-state index in [1.807, 2.05) is 0 Å². The quantitative estimate of drug-likeness (QED) is 0.624. The molecule has 0 spiro atoms. The number of carbonyl (C=O) groups excluding carboxylic acids is 2. The van der Waals surface area contributed by atoms with Crippen LogP contribution in [0.4, 0.5) is 4.79 Å². The fraction of sp³-hybridized carbons (Fsp3) is 0.300. The third-order valence-electron chi connectivity index (χ3n) is 3.74. The Balaban J connectivity index is 2.00. The number of nitrogens with one attached hydrogen (secondary N) is 1. The Morgan fingerprint density at radius 3 is 2.30 bits per heavy atom. The van der Waals surface area contributed by atoms with E-state index in [4.69, 9.17) is 19.7 Å². The highest BCUT2D eigenvalue weighted by Gasteiger charge is 2.19. The Morgan fingerprint density at radius 2 is 1.67 bits per heavy atom. The van der Waals surface area contributed by atoms with Crippen molar-refractivity contribution in [3.63, 3.8) is 0 Å². The number of hydrogen-bond donors (Lipinski definition) is 3. The molecule has 7 nitrogen and oxygen atoms in total. The maximum absolute atomic E-state index is 12.1. The first kappa shape index (κ1) is 20.4. The zero-order chi connectivity index (χ0) is 19.5. The average Bonchev–Trinajstić information content (AvgIpc) is 2.70. The van der Waals surface area contributed by atoms with Crippen molar-refractivity contribution in [2.75, 3.05) is 19.8 Å². The molecule has 144 valence electrons. The molecule has 7 heteroatoms. The molecule has 0 aliphatic rings. The van der Waals surface area contributed by atoms with E-state index in [-0.39, 0.29) is 19.8 Å². The first-order valence-electron chi connectivity index (χ1n) is 8.65. The van der Waals surface area contributed by atoms with Gasteiger partial charge in [0.1, 0.15) is 18.5 Å². The van der Waals surface area contributed by atoms with Gasteiger partial charge in [-0.15, -0.1) is 0 Å². The second-order valence-corrected chi connectivity index (χ2v) is 5.72. The molecule has 27 heavy (non-hydrogen) atoms. The summed E-state index contributed by atoms with van der Waals surface area (Å²) < 4.78 is 10.7. The summed E-state index contributed by atoms with van der Waals surface area (Å²) in [5.41, 5.74) is 1.06. The molecular formula is C20H23NO6. The molecule has 2 rings (SSSR count). The number of benzene rings is 2. The Morgan fingerprint density at radius 1 is 0.963 bits per heavy atom. The first-order chi connectivity index (χ1) is 13.1. The first-order valence-corrected chi connectivity index (χ1v) is 8.65. The minimum atomic E-state index is -0.854. The van der Waals surface area contributed by atoms with Gasteiger partial charge in [0.25, 0.3) is 5.91 Å². The molecule has 0 aliphatic heterocycles. The fourth-order valence-corrected chi connectivity index (χ4v) is 2.43. The van der Waals surface area contributed by atoms with Crippen LogP contribution in [0.3, 0.4) is 0 Å². The van der Waals surface area contributed by atoms with Gasteiger partial charge < -0.3 is 19.7 Å². The Bertz CT molecular complexity index is 717. The summed E-state index contributed by atoms with van der Waals surface area (Å²) in [5, 5.41) is 20.1. The van der Waals surface area contributed by atoms with Gasteiger partial charge in [0, 0.05) is 12.2 Å². The van der Waals surface area contributed by atoms with Crippen molar-refractivity contribution >= 4 is 12.0 Å². The molecule has 0 heterocycles. The second kappa shape index (κ2) is 10.9. The van der Waals surface area contributed by atoms with Crippen LogP contribution in [0.5, 0.6) is 5.75 Å². The predicted molar refractivity (Wildman–Crippen MR) is 98.5 cm³/mol. The molecule has 1 atom stereocenters.